The van der Waals surface area contributed by atoms with Crippen LogP contribution >= 0.6 is 46.3 Å². The Bertz CT molecular complexity index is 828. The molecule has 3 nitrogen and oxygen atoms in total. The maximum atomic E-state index is 5.94. The Labute approximate surface area is 165 Å². The van der Waals surface area contributed by atoms with E-state index in [0.29, 0.717) is 5.02 Å². The Hall–Kier alpha value is -1.30. The largest absolute Gasteiger partial charge is 1.00 e. The zero-order valence-corrected chi connectivity index (χ0v) is 15.9. The molecule has 0 aliphatic heterocycles. The fraction of sp³-hybridized carbons (Fsp3) is 0. The van der Waals surface area contributed by atoms with Gasteiger partial charge in [-0.3, -0.25) is 0 Å². The molecule has 3 rings (SSSR count). The minimum absolute atomic E-state index is 0. The number of hydrogen-bond acceptors (Lipinski definition) is 3. The quantitative estimate of drug-likeness (QED) is 0.660. The molecule has 0 spiro atoms. The van der Waals surface area contributed by atoms with Gasteiger partial charge in [0, 0.05) is 10.7 Å². The van der Waals surface area contributed by atoms with E-state index in [2.05, 4.69) is 10.3 Å². The summed E-state index contributed by atoms with van der Waals surface area (Å²) in [6.45, 7) is 0. The lowest BCUT2D eigenvalue weighted by Crippen LogP contribution is -3.00. The molecule has 1 aromatic heterocycles. The van der Waals surface area contributed by atoms with Gasteiger partial charge in [-0.05, 0) is 41.4 Å². The zero-order chi connectivity index (χ0) is 16.2. The summed E-state index contributed by atoms with van der Waals surface area (Å²) < 4.78 is 1.96. The lowest BCUT2D eigenvalue weighted by atomic mass is 10.2. The molecule has 0 saturated carbocycles. The van der Waals surface area contributed by atoms with Crippen LogP contribution in [0.15, 0.2) is 59.1 Å². The van der Waals surface area contributed by atoms with Crippen molar-refractivity contribution in [3.05, 3.63) is 64.1 Å². The first-order valence-corrected chi connectivity index (χ1v) is 8.56. The van der Waals surface area contributed by atoms with Crippen LogP contribution in [0.3, 0.4) is 0 Å². The van der Waals surface area contributed by atoms with Gasteiger partial charge in [0.1, 0.15) is 22.2 Å². The van der Waals surface area contributed by atoms with Crippen LogP contribution in [-0.2, 0) is 0 Å². The smallest absolute Gasteiger partial charge is 0.350 e. The highest BCUT2D eigenvalue weighted by molar-refractivity contribution is 7.06. The van der Waals surface area contributed by atoms with Crippen molar-refractivity contribution in [3.8, 4) is 11.4 Å². The molecule has 0 fully saturated rings. The van der Waals surface area contributed by atoms with Crippen molar-refractivity contribution in [1.29, 1.82) is 0 Å². The second-order valence-electron chi connectivity index (χ2n) is 4.57. The normalized spacial score (nSPS) is 9.96. The third-order valence-corrected chi connectivity index (χ3v) is 4.23. The highest BCUT2D eigenvalue weighted by atomic mass is 35.5. The minimum Gasteiger partial charge on any atom is -1.00 e. The summed E-state index contributed by atoms with van der Waals surface area (Å²) in [6, 6.07) is 17.2. The van der Waals surface area contributed by atoms with E-state index in [1.807, 2.05) is 58.6 Å². The van der Waals surface area contributed by atoms with E-state index in [1.165, 1.54) is 11.5 Å². The van der Waals surface area contributed by atoms with Crippen LogP contribution < -0.4 is 21.7 Å². The molecule has 0 aliphatic carbocycles. The van der Waals surface area contributed by atoms with Crippen LogP contribution in [0.4, 0.5) is 10.8 Å². The van der Waals surface area contributed by atoms with Gasteiger partial charge in [-0.25, -0.2) is 0 Å². The lowest BCUT2D eigenvalue weighted by molar-refractivity contribution is -0.480. The Morgan fingerprint density at radius 1 is 1.04 bits per heavy atom. The van der Waals surface area contributed by atoms with Crippen molar-refractivity contribution in [2.45, 2.75) is 0 Å². The Kier molecular flexibility index (Phi) is 6.90. The average molecular weight is 419 g/mol. The Morgan fingerprint density at radius 2 is 1.71 bits per heavy atom. The first kappa shape index (κ1) is 19.0. The summed E-state index contributed by atoms with van der Waals surface area (Å²) >= 11 is 19.0. The van der Waals surface area contributed by atoms with Gasteiger partial charge in [-0.15, -0.1) is 3.96 Å². The van der Waals surface area contributed by atoms with Crippen LogP contribution in [0.25, 0.3) is 17.6 Å². The van der Waals surface area contributed by atoms with E-state index in [-0.39, 0.29) is 16.9 Å². The molecule has 0 saturated heterocycles. The minimum atomic E-state index is 0. The molecule has 0 bridgehead atoms. The molecule has 124 valence electrons. The van der Waals surface area contributed by atoms with Crippen molar-refractivity contribution in [2.24, 2.45) is 0 Å². The third-order valence-electron chi connectivity index (χ3n) is 2.94. The monoisotopic (exact) mass is 417 g/mol. The van der Waals surface area contributed by atoms with Gasteiger partial charge in [0.15, 0.2) is 0 Å². The number of nitrogens with zero attached hydrogens (tertiary/aromatic N) is 2. The highest BCUT2D eigenvalue weighted by Gasteiger charge is 2.22. The SMILES string of the molecule is ClC(Cl)=C[n+]1sc(Nc2ccccc2)nc1-c1ccc(Cl)cc1.[Cl-]. The predicted octanol–water partition coefficient (Wildman–Crippen LogP) is 2.73. The van der Waals surface area contributed by atoms with Gasteiger partial charge < -0.3 is 17.7 Å². The number of rotatable bonds is 4. The molecule has 2 aromatic carbocycles. The maximum Gasteiger partial charge on any atom is 0.350 e. The molecular formula is C16H11Cl4N3S. The lowest BCUT2D eigenvalue weighted by Gasteiger charge is -1.95. The van der Waals surface area contributed by atoms with Crippen LogP contribution in [0.2, 0.25) is 5.02 Å². The van der Waals surface area contributed by atoms with E-state index < -0.39 is 0 Å². The number of aromatic nitrogens is 2. The molecule has 0 aliphatic rings. The standard InChI is InChI=1S/C16H10Cl3N3S.ClH/c17-12-8-6-11(7-9-12)15-21-16(23-22(15)10-14(18)19)20-13-4-2-1-3-5-13;/h1-10H;1H. The number of para-hydroxylation sites is 1. The van der Waals surface area contributed by atoms with E-state index in [1.54, 1.807) is 6.20 Å². The molecule has 0 atom stereocenters. The Morgan fingerprint density at radius 3 is 2.33 bits per heavy atom. The van der Waals surface area contributed by atoms with Crippen LogP contribution in [-0.4, -0.2) is 4.98 Å². The molecule has 0 unspecified atom stereocenters. The first-order chi connectivity index (χ1) is 11.1. The van der Waals surface area contributed by atoms with Crippen LogP contribution in [0, 0.1) is 0 Å². The fourth-order valence-electron chi connectivity index (χ4n) is 1.96. The molecule has 1 heterocycles. The third kappa shape index (κ3) is 4.85. The van der Waals surface area contributed by atoms with E-state index >= 15 is 0 Å². The van der Waals surface area contributed by atoms with Crippen molar-refractivity contribution >= 4 is 63.4 Å². The van der Waals surface area contributed by atoms with Gasteiger partial charge in [0.05, 0.1) is 5.56 Å². The van der Waals surface area contributed by atoms with Gasteiger partial charge in [0.2, 0.25) is 0 Å². The first-order valence-electron chi connectivity index (χ1n) is 6.65. The van der Waals surface area contributed by atoms with Gasteiger partial charge in [-0.1, -0.05) is 53.0 Å². The second-order valence-corrected chi connectivity index (χ2v) is 6.98. The van der Waals surface area contributed by atoms with E-state index in [4.69, 9.17) is 34.8 Å². The summed E-state index contributed by atoms with van der Waals surface area (Å²) in [7, 11) is 0. The molecule has 1 N–H and O–H groups in total. The summed E-state index contributed by atoms with van der Waals surface area (Å²) in [4.78, 5) is 4.62. The zero-order valence-electron chi connectivity index (χ0n) is 12.1. The number of halogens is 4. The molecule has 3 aromatic rings. The average Bonchev–Trinajstić information content (AvgIpc) is 2.90. The van der Waals surface area contributed by atoms with Crippen molar-refractivity contribution in [2.75, 3.05) is 5.32 Å². The molecular weight excluding hydrogens is 408 g/mol. The molecule has 24 heavy (non-hydrogen) atoms. The van der Waals surface area contributed by atoms with Gasteiger partial charge in [-0.2, -0.15) is 0 Å². The summed E-state index contributed by atoms with van der Waals surface area (Å²) in [6.07, 6.45) is 1.61. The van der Waals surface area contributed by atoms with Crippen molar-refractivity contribution < 1.29 is 16.4 Å². The number of anilines is 2. The van der Waals surface area contributed by atoms with E-state index in [0.717, 1.165) is 22.2 Å². The van der Waals surface area contributed by atoms with E-state index in [9.17, 15) is 0 Å². The summed E-state index contributed by atoms with van der Waals surface area (Å²) in [5.41, 5.74) is 1.87. The Balaban J connectivity index is 0.00000208. The number of hydrogen-bond donors (Lipinski definition) is 1. The second kappa shape index (κ2) is 8.70. The predicted molar refractivity (Wildman–Crippen MR) is 98.5 cm³/mol. The van der Waals surface area contributed by atoms with Crippen molar-refractivity contribution in [1.82, 2.24) is 4.98 Å². The maximum absolute atomic E-state index is 5.94. The number of nitrogens with one attached hydrogen (secondary N) is 1. The highest BCUT2D eigenvalue weighted by Crippen LogP contribution is 2.24. The molecule has 8 heteroatoms. The van der Waals surface area contributed by atoms with Gasteiger partial charge in [0.25, 0.3) is 0 Å². The summed E-state index contributed by atoms with van der Waals surface area (Å²) in [5, 5.41) is 4.66. The fourth-order valence-corrected chi connectivity index (χ4v) is 3.27. The molecule has 0 amide bonds. The van der Waals surface area contributed by atoms with Crippen molar-refractivity contribution in [3.63, 3.8) is 0 Å². The molecule has 0 radical (unpaired) electrons. The van der Waals surface area contributed by atoms with Crippen LogP contribution in [0.1, 0.15) is 0 Å². The van der Waals surface area contributed by atoms with Crippen LogP contribution in [0.5, 0.6) is 0 Å². The van der Waals surface area contributed by atoms with Gasteiger partial charge >= 0.3 is 11.0 Å². The topological polar surface area (TPSA) is 28.8 Å². The number of benzene rings is 2. The summed E-state index contributed by atoms with van der Waals surface area (Å²) in [5.74, 6) is 0.726.